The molecule has 0 radical (unpaired) electrons. The summed E-state index contributed by atoms with van der Waals surface area (Å²) in [5, 5.41) is 14.9. The van der Waals surface area contributed by atoms with Crippen molar-refractivity contribution in [1.29, 1.82) is 0 Å². The first kappa shape index (κ1) is 16.6. The van der Waals surface area contributed by atoms with E-state index in [1.165, 1.54) is 57.8 Å². The SMILES string of the molecule is O=C1N(CC2CCC2)CCCC1(O)CNC12CC3CC(CC(C3)C1)C2. The highest BCUT2D eigenvalue weighted by Crippen LogP contribution is 2.55. The number of nitrogens with one attached hydrogen (secondary N) is 1. The predicted octanol–water partition coefficient (Wildman–Crippen LogP) is 2.70. The molecule has 1 saturated heterocycles. The summed E-state index contributed by atoms with van der Waals surface area (Å²) in [6, 6.07) is 0. The van der Waals surface area contributed by atoms with Crippen LogP contribution in [-0.4, -0.2) is 46.7 Å². The summed E-state index contributed by atoms with van der Waals surface area (Å²) in [6.45, 7) is 2.19. The number of carbonyl (C=O) groups excluding carboxylic acids is 1. The molecule has 2 N–H and O–H groups in total. The molecule has 4 bridgehead atoms. The van der Waals surface area contributed by atoms with Gasteiger partial charge in [-0.05, 0) is 87.9 Å². The fraction of sp³-hybridized carbons (Fsp3) is 0.952. The zero-order valence-corrected chi connectivity index (χ0v) is 15.5. The summed E-state index contributed by atoms with van der Waals surface area (Å²) in [5.74, 6) is 3.37. The third-order valence-corrected chi connectivity index (χ3v) is 8.20. The second-order valence-corrected chi connectivity index (χ2v) is 10.2. The van der Waals surface area contributed by atoms with E-state index in [0.29, 0.717) is 18.9 Å². The fourth-order valence-corrected chi connectivity index (χ4v) is 7.05. The lowest BCUT2D eigenvalue weighted by Gasteiger charge is -2.57. The van der Waals surface area contributed by atoms with Crippen molar-refractivity contribution in [1.82, 2.24) is 10.2 Å². The molecule has 6 rings (SSSR count). The molecule has 6 fully saturated rings. The molecule has 4 heteroatoms. The molecule has 0 aromatic heterocycles. The standard InChI is InChI=1S/C21H34N2O2/c24-19-21(25,5-2-6-23(19)13-15-3-1-4-15)14-22-20-10-16-7-17(11-20)9-18(8-16)12-20/h15-18,22,25H,1-14H2. The first-order valence-electron chi connectivity index (χ1n) is 10.8. The van der Waals surface area contributed by atoms with Crippen LogP contribution in [0.2, 0.25) is 0 Å². The van der Waals surface area contributed by atoms with E-state index in [1.54, 1.807) is 0 Å². The molecule has 5 saturated carbocycles. The molecular formula is C21H34N2O2. The molecule has 0 aromatic carbocycles. The lowest BCUT2D eigenvalue weighted by atomic mass is 9.53. The van der Waals surface area contributed by atoms with Crippen LogP contribution in [0.5, 0.6) is 0 Å². The number of nitrogens with zero attached hydrogens (tertiary/aromatic N) is 1. The van der Waals surface area contributed by atoms with Crippen molar-refractivity contribution in [3.8, 4) is 0 Å². The first-order chi connectivity index (χ1) is 12.0. The molecule has 25 heavy (non-hydrogen) atoms. The Kier molecular flexibility index (Phi) is 3.94. The second-order valence-electron chi connectivity index (χ2n) is 10.2. The van der Waals surface area contributed by atoms with E-state index in [4.69, 9.17) is 0 Å². The van der Waals surface area contributed by atoms with Crippen LogP contribution in [0.15, 0.2) is 0 Å². The van der Waals surface area contributed by atoms with E-state index in [2.05, 4.69) is 5.32 Å². The van der Waals surface area contributed by atoms with Crippen molar-refractivity contribution in [3.05, 3.63) is 0 Å². The quantitative estimate of drug-likeness (QED) is 0.805. The first-order valence-corrected chi connectivity index (χ1v) is 10.8. The van der Waals surface area contributed by atoms with Crippen LogP contribution in [-0.2, 0) is 4.79 Å². The Morgan fingerprint density at radius 2 is 1.68 bits per heavy atom. The summed E-state index contributed by atoms with van der Waals surface area (Å²) in [5.41, 5.74) is -0.938. The number of likely N-dealkylation sites (tertiary alicyclic amines) is 1. The summed E-state index contributed by atoms with van der Waals surface area (Å²) < 4.78 is 0. The van der Waals surface area contributed by atoms with Crippen LogP contribution in [0.4, 0.5) is 0 Å². The Balaban J connectivity index is 1.24. The molecule has 6 aliphatic rings. The lowest BCUT2D eigenvalue weighted by Crippen LogP contribution is -2.65. The zero-order valence-electron chi connectivity index (χ0n) is 15.5. The number of hydrogen-bond donors (Lipinski definition) is 2. The monoisotopic (exact) mass is 346 g/mol. The minimum Gasteiger partial charge on any atom is -0.379 e. The van der Waals surface area contributed by atoms with Gasteiger partial charge in [-0.15, -0.1) is 0 Å². The minimum absolute atomic E-state index is 0.00267. The average molecular weight is 347 g/mol. The molecular weight excluding hydrogens is 312 g/mol. The van der Waals surface area contributed by atoms with Gasteiger partial charge in [0.1, 0.15) is 0 Å². The fourth-order valence-electron chi connectivity index (χ4n) is 7.05. The van der Waals surface area contributed by atoms with Gasteiger partial charge in [-0.3, -0.25) is 4.79 Å². The molecule has 1 heterocycles. The maximum Gasteiger partial charge on any atom is 0.255 e. The van der Waals surface area contributed by atoms with E-state index in [0.717, 1.165) is 37.3 Å². The van der Waals surface area contributed by atoms with Crippen molar-refractivity contribution < 1.29 is 9.90 Å². The van der Waals surface area contributed by atoms with Crippen LogP contribution < -0.4 is 5.32 Å². The smallest absolute Gasteiger partial charge is 0.255 e. The second kappa shape index (κ2) is 5.95. The summed E-state index contributed by atoms with van der Waals surface area (Å²) in [4.78, 5) is 14.9. The van der Waals surface area contributed by atoms with Crippen LogP contribution in [0.3, 0.4) is 0 Å². The van der Waals surface area contributed by atoms with Crippen LogP contribution in [0.25, 0.3) is 0 Å². The van der Waals surface area contributed by atoms with Crippen LogP contribution in [0.1, 0.15) is 70.6 Å². The van der Waals surface area contributed by atoms with Crippen LogP contribution in [0, 0.1) is 23.7 Å². The van der Waals surface area contributed by atoms with E-state index >= 15 is 0 Å². The summed E-state index contributed by atoms with van der Waals surface area (Å²) in [6.07, 6.45) is 13.5. The lowest BCUT2D eigenvalue weighted by molar-refractivity contribution is -0.159. The summed E-state index contributed by atoms with van der Waals surface area (Å²) >= 11 is 0. The van der Waals surface area contributed by atoms with Crippen molar-refractivity contribution in [2.75, 3.05) is 19.6 Å². The van der Waals surface area contributed by atoms with Gasteiger partial charge in [0.25, 0.3) is 5.91 Å². The number of β-amino-alcohol motifs (C(OH)–C–C–N with tert-alkyl or cyclic N) is 1. The number of hydrogen-bond acceptors (Lipinski definition) is 3. The molecule has 5 aliphatic carbocycles. The van der Waals surface area contributed by atoms with Crippen molar-refractivity contribution in [3.63, 3.8) is 0 Å². The zero-order chi connectivity index (χ0) is 17.1. The topological polar surface area (TPSA) is 52.6 Å². The molecule has 140 valence electrons. The molecule has 1 unspecified atom stereocenters. The van der Waals surface area contributed by atoms with Crippen molar-refractivity contribution >= 4 is 5.91 Å². The number of aliphatic hydroxyl groups is 1. The predicted molar refractivity (Wildman–Crippen MR) is 97.0 cm³/mol. The van der Waals surface area contributed by atoms with Crippen molar-refractivity contribution in [2.45, 2.75) is 81.8 Å². The molecule has 4 nitrogen and oxygen atoms in total. The highest BCUT2D eigenvalue weighted by atomic mass is 16.3. The largest absolute Gasteiger partial charge is 0.379 e. The van der Waals surface area contributed by atoms with Gasteiger partial charge in [0.2, 0.25) is 0 Å². The molecule has 0 aromatic rings. The number of rotatable bonds is 5. The average Bonchev–Trinajstić information content (AvgIpc) is 2.52. The number of carbonyl (C=O) groups is 1. The Morgan fingerprint density at radius 1 is 1.04 bits per heavy atom. The maximum atomic E-state index is 13.0. The van der Waals surface area contributed by atoms with Gasteiger partial charge in [0.05, 0.1) is 0 Å². The maximum absolute atomic E-state index is 13.0. The normalized spacial score (nSPS) is 46.5. The highest BCUT2D eigenvalue weighted by Gasteiger charge is 2.52. The Morgan fingerprint density at radius 3 is 2.24 bits per heavy atom. The van der Waals surface area contributed by atoms with Gasteiger partial charge in [-0.25, -0.2) is 0 Å². The Labute approximate surface area is 151 Å². The third-order valence-electron chi connectivity index (χ3n) is 8.20. The number of piperidine rings is 1. The van der Waals surface area contributed by atoms with E-state index in [1.807, 2.05) is 4.90 Å². The van der Waals surface area contributed by atoms with Gasteiger partial charge in [-0.1, -0.05) is 6.42 Å². The van der Waals surface area contributed by atoms with E-state index < -0.39 is 5.60 Å². The number of amides is 1. The Bertz CT molecular complexity index is 509. The minimum atomic E-state index is -1.16. The molecule has 0 spiro atoms. The van der Waals surface area contributed by atoms with Gasteiger partial charge in [0.15, 0.2) is 5.60 Å². The van der Waals surface area contributed by atoms with E-state index in [9.17, 15) is 9.90 Å². The molecule has 1 amide bonds. The Hall–Kier alpha value is -0.610. The summed E-state index contributed by atoms with van der Waals surface area (Å²) in [7, 11) is 0. The van der Waals surface area contributed by atoms with Gasteiger partial charge in [0, 0.05) is 25.2 Å². The van der Waals surface area contributed by atoms with Gasteiger partial charge < -0.3 is 15.3 Å². The third kappa shape index (κ3) is 2.93. The van der Waals surface area contributed by atoms with Gasteiger partial charge in [-0.2, -0.15) is 0 Å². The van der Waals surface area contributed by atoms with Crippen molar-refractivity contribution in [2.24, 2.45) is 23.7 Å². The van der Waals surface area contributed by atoms with E-state index in [-0.39, 0.29) is 11.4 Å². The van der Waals surface area contributed by atoms with Gasteiger partial charge >= 0.3 is 0 Å². The molecule has 1 aliphatic heterocycles. The molecule has 1 atom stereocenters. The highest BCUT2D eigenvalue weighted by molar-refractivity contribution is 5.86. The van der Waals surface area contributed by atoms with Crippen LogP contribution >= 0.6 is 0 Å².